The lowest BCUT2D eigenvalue weighted by Crippen LogP contribution is -2.47. The van der Waals surface area contributed by atoms with Gasteiger partial charge in [-0.2, -0.15) is 0 Å². The van der Waals surface area contributed by atoms with Gasteiger partial charge < -0.3 is 10.2 Å². The first-order valence-corrected chi connectivity index (χ1v) is 9.80. The molecule has 1 aliphatic rings. The Hall–Kier alpha value is -2.99. The highest BCUT2D eigenvalue weighted by molar-refractivity contribution is 5.93. The molecule has 144 valence electrons. The molecule has 1 N–H and O–H groups in total. The van der Waals surface area contributed by atoms with E-state index >= 15 is 0 Å². The molecule has 6 nitrogen and oxygen atoms in total. The van der Waals surface area contributed by atoms with Crippen molar-refractivity contribution in [3.63, 3.8) is 0 Å². The van der Waals surface area contributed by atoms with Gasteiger partial charge in [0.15, 0.2) is 0 Å². The summed E-state index contributed by atoms with van der Waals surface area (Å²) in [5, 5.41) is 5.42. The van der Waals surface area contributed by atoms with Gasteiger partial charge in [0.1, 0.15) is 5.82 Å². The van der Waals surface area contributed by atoms with Gasteiger partial charge in [0.05, 0.1) is 5.56 Å². The predicted molar refractivity (Wildman–Crippen MR) is 112 cm³/mol. The molecule has 0 atom stereocenters. The number of aromatic nitrogens is 2. The van der Waals surface area contributed by atoms with Crippen LogP contribution in [0.4, 0.5) is 5.82 Å². The lowest BCUT2D eigenvalue weighted by atomic mass is 10.1. The van der Waals surface area contributed by atoms with Gasteiger partial charge in [0.25, 0.3) is 5.91 Å². The first-order valence-electron chi connectivity index (χ1n) is 9.80. The molecule has 0 spiro atoms. The van der Waals surface area contributed by atoms with E-state index in [4.69, 9.17) is 0 Å². The van der Waals surface area contributed by atoms with E-state index in [0.29, 0.717) is 12.1 Å². The first-order chi connectivity index (χ1) is 13.8. The fraction of sp³-hybridized carbons (Fsp3) is 0.318. The number of benzene rings is 1. The van der Waals surface area contributed by atoms with Gasteiger partial charge in [0.2, 0.25) is 0 Å². The maximum atomic E-state index is 12.0. The Kier molecular flexibility index (Phi) is 5.77. The van der Waals surface area contributed by atoms with Crippen LogP contribution in [0.25, 0.3) is 10.8 Å². The highest BCUT2D eigenvalue weighted by Gasteiger charge is 2.19. The van der Waals surface area contributed by atoms with Crippen LogP contribution in [0, 0.1) is 0 Å². The van der Waals surface area contributed by atoms with Crippen molar-refractivity contribution in [2.75, 3.05) is 44.2 Å². The number of nitrogens with zero attached hydrogens (tertiary/aromatic N) is 4. The van der Waals surface area contributed by atoms with E-state index in [9.17, 15) is 4.79 Å². The Morgan fingerprint density at radius 2 is 1.86 bits per heavy atom. The average Bonchev–Trinajstić information content (AvgIpc) is 2.77. The molecular weight excluding hydrogens is 350 g/mol. The molecule has 0 radical (unpaired) electrons. The number of hydrogen-bond donors (Lipinski definition) is 1. The molecule has 0 bridgehead atoms. The standard InChI is InChI=1S/C22H25N5O/c28-22(19-6-3-9-23-17-19)25-10-4-12-26-13-15-27(16-14-26)21-20-7-2-1-5-18(20)8-11-24-21/h1-3,5-9,11,17H,4,10,12-16H2,(H,25,28). The lowest BCUT2D eigenvalue weighted by Gasteiger charge is -2.35. The van der Waals surface area contributed by atoms with Crippen LogP contribution in [0.5, 0.6) is 0 Å². The van der Waals surface area contributed by atoms with Gasteiger partial charge >= 0.3 is 0 Å². The van der Waals surface area contributed by atoms with E-state index in [0.717, 1.165) is 45.0 Å². The van der Waals surface area contributed by atoms with Crippen molar-refractivity contribution in [1.82, 2.24) is 20.2 Å². The highest BCUT2D eigenvalue weighted by atomic mass is 16.1. The van der Waals surface area contributed by atoms with Crippen LogP contribution in [0.3, 0.4) is 0 Å². The number of pyridine rings is 2. The molecule has 28 heavy (non-hydrogen) atoms. The Morgan fingerprint density at radius 3 is 2.68 bits per heavy atom. The van der Waals surface area contributed by atoms with Gasteiger partial charge in [0, 0.05) is 56.7 Å². The summed E-state index contributed by atoms with van der Waals surface area (Å²) in [6, 6.07) is 14.0. The number of rotatable bonds is 6. The van der Waals surface area contributed by atoms with E-state index in [-0.39, 0.29) is 5.91 Å². The van der Waals surface area contributed by atoms with Crippen LogP contribution < -0.4 is 10.2 Å². The minimum absolute atomic E-state index is 0.0556. The molecule has 3 heterocycles. The quantitative estimate of drug-likeness (QED) is 0.671. The van der Waals surface area contributed by atoms with Crippen LogP contribution in [-0.2, 0) is 0 Å². The number of anilines is 1. The fourth-order valence-electron chi connectivity index (χ4n) is 3.64. The Morgan fingerprint density at radius 1 is 1.00 bits per heavy atom. The van der Waals surface area contributed by atoms with Crippen LogP contribution in [0.15, 0.2) is 61.1 Å². The Balaban J connectivity index is 1.23. The summed E-state index contributed by atoms with van der Waals surface area (Å²) in [4.78, 5) is 25.5. The number of hydrogen-bond acceptors (Lipinski definition) is 5. The van der Waals surface area contributed by atoms with E-state index in [1.165, 1.54) is 10.8 Å². The average molecular weight is 375 g/mol. The van der Waals surface area contributed by atoms with Gasteiger partial charge in [-0.1, -0.05) is 24.3 Å². The fourth-order valence-corrected chi connectivity index (χ4v) is 3.64. The minimum Gasteiger partial charge on any atom is -0.354 e. The van der Waals surface area contributed by atoms with E-state index in [1.54, 1.807) is 24.5 Å². The highest BCUT2D eigenvalue weighted by Crippen LogP contribution is 2.24. The maximum absolute atomic E-state index is 12.0. The number of nitrogens with one attached hydrogen (secondary N) is 1. The van der Waals surface area contributed by atoms with Crippen LogP contribution >= 0.6 is 0 Å². The summed E-state index contributed by atoms with van der Waals surface area (Å²) in [5.74, 6) is 1.03. The van der Waals surface area contributed by atoms with Crippen molar-refractivity contribution in [3.8, 4) is 0 Å². The number of fused-ring (bicyclic) bond motifs is 1. The van der Waals surface area contributed by atoms with Crippen molar-refractivity contribution < 1.29 is 4.79 Å². The molecule has 0 aliphatic carbocycles. The molecule has 1 aliphatic heterocycles. The van der Waals surface area contributed by atoms with Crippen LogP contribution in [-0.4, -0.2) is 60.0 Å². The SMILES string of the molecule is O=C(NCCCN1CCN(c2nccc3ccccc23)CC1)c1cccnc1. The van der Waals surface area contributed by atoms with Crippen molar-refractivity contribution in [1.29, 1.82) is 0 Å². The molecule has 1 aromatic carbocycles. The maximum Gasteiger partial charge on any atom is 0.252 e. The molecular formula is C22H25N5O. The molecule has 1 fully saturated rings. The molecule has 2 aromatic heterocycles. The van der Waals surface area contributed by atoms with Crippen molar-refractivity contribution in [2.24, 2.45) is 0 Å². The van der Waals surface area contributed by atoms with E-state index in [2.05, 4.69) is 55.4 Å². The molecule has 6 heteroatoms. The Bertz CT molecular complexity index is 917. The number of piperazine rings is 1. The van der Waals surface area contributed by atoms with Crippen molar-refractivity contribution >= 4 is 22.5 Å². The summed E-state index contributed by atoms with van der Waals surface area (Å²) in [6.07, 6.45) is 6.10. The molecule has 0 unspecified atom stereocenters. The van der Waals surface area contributed by atoms with Gasteiger partial charge in [-0.05, 0) is 36.6 Å². The smallest absolute Gasteiger partial charge is 0.252 e. The van der Waals surface area contributed by atoms with Crippen LogP contribution in [0.2, 0.25) is 0 Å². The zero-order valence-corrected chi connectivity index (χ0v) is 15.9. The molecule has 1 amide bonds. The summed E-state index contributed by atoms with van der Waals surface area (Å²) < 4.78 is 0. The zero-order chi connectivity index (χ0) is 19.2. The first kappa shape index (κ1) is 18.4. The monoisotopic (exact) mass is 375 g/mol. The van der Waals surface area contributed by atoms with Crippen LogP contribution in [0.1, 0.15) is 16.8 Å². The number of carbonyl (C=O) groups excluding carboxylic acids is 1. The van der Waals surface area contributed by atoms with Crippen molar-refractivity contribution in [2.45, 2.75) is 6.42 Å². The second-order valence-electron chi connectivity index (χ2n) is 7.04. The number of amides is 1. The topological polar surface area (TPSA) is 61.4 Å². The summed E-state index contributed by atoms with van der Waals surface area (Å²) >= 11 is 0. The molecule has 3 aromatic rings. The minimum atomic E-state index is -0.0556. The third-order valence-corrected chi connectivity index (χ3v) is 5.18. The third kappa shape index (κ3) is 4.28. The van der Waals surface area contributed by atoms with Gasteiger partial charge in [-0.15, -0.1) is 0 Å². The predicted octanol–water partition coefficient (Wildman–Crippen LogP) is 2.57. The van der Waals surface area contributed by atoms with Crippen molar-refractivity contribution in [3.05, 3.63) is 66.6 Å². The lowest BCUT2D eigenvalue weighted by molar-refractivity contribution is 0.0951. The largest absolute Gasteiger partial charge is 0.354 e. The second-order valence-corrected chi connectivity index (χ2v) is 7.04. The van der Waals surface area contributed by atoms with Gasteiger partial charge in [-0.25, -0.2) is 4.98 Å². The molecule has 1 saturated heterocycles. The summed E-state index contributed by atoms with van der Waals surface area (Å²) in [5.41, 5.74) is 0.610. The number of carbonyl (C=O) groups is 1. The normalized spacial score (nSPS) is 14.9. The summed E-state index contributed by atoms with van der Waals surface area (Å²) in [7, 11) is 0. The van der Waals surface area contributed by atoms with E-state index in [1.807, 2.05) is 6.20 Å². The summed E-state index contributed by atoms with van der Waals surface area (Å²) in [6.45, 7) is 5.65. The van der Waals surface area contributed by atoms with Gasteiger partial charge in [-0.3, -0.25) is 14.7 Å². The molecule has 0 saturated carbocycles. The van der Waals surface area contributed by atoms with E-state index < -0.39 is 0 Å². The third-order valence-electron chi connectivity index (χ3n) is 5.18. The Labute approximate surface area is 165 Å². The zero-order valence-electron chi connectivity index (χ0n) is 15.9. The second kappa shape index (κ2) is 8.80. The molecule has 4 rings (SSSR count).